The fourth-order valence-corrected chi connectivity index (χ4v) is 2.66. The van der Waals surface area contributed by atoms with Crippen LogP contribution in [0.3, 0.4) is 0 Å². The van der Waals surface area contributed by atoms with Crippen LogP contribution in [0.15, 0.2) is 28.2 Å². The van der Waals surface area contributed by atoms with E-state index in [1.54, 1.807) is 18.3 Å². The van der Waals surface area contributed by atoms with E-state index in [-0.39, 0.29) is 25.0 Å². The van der Waals surface area contributed by atoms with Crippen molar-refractivity contribution in [3.63, 3.8) is 0 Å². The summed E-state index contributed by atoms with van der Waals surface area (Å²) in [6.07, 6.45) is 2.38. The van der Waals surface area contributed by atoms with Gasteiger partial charge in [0, 0.05) is 6.54 Å². The van der Waals surface area contributed by atoms with Crippen LogP contribution in [0.2, 0.25) is 0 Å². The van der Waals surface area contributed by atoms with Crippen molar-refractivity contribution in [2.24, 2.45) is 5.92 Å². The van der Waals surface area contributed by atoms with Gasteiger partial charge in [0.15, 0.2) is 0 Å². The summed E-state index contributed by atoms with van der Waals surface area (Å²) in [4.78, 5) is 17.1. The average Bonchev–Trinajstić information content (AvgIpc) is 3.20. The van der Waals surface area contributed by atoms with Gasteiger partial charge in [0.1, 0.15) is 6.26 Å². The smallest absolute Gasteiger partial charge is 0.315 e. The Morgan fingerprint density at radius 2 is 2.30 bits per heavy atom. The zero-order valence-corrected chi connectivity index (χ0v) is 14.4. The quantitative estimate of drug-likeness (QED) is 0.725. The number of rotatable bonds is 7. The van der Waals surface area contributed by atoms with Gasteiger partial charge in [0.25, 0.3) is 0 Å². The number of urea groups is 1. The third-order valence-electron chi connectivity index (χ3n) is 3.99. The lowest BCUT2D eigenvalue weighted by atomic mass is 9.89. The summed E-state index contributed by atoms with van der Waals surface area (Å²) in [6.45, 7) is 6.17. The van der Waals surface area contributed by atoms with Gasteiger partial charge < -0.3 is 20.2 Å². The molecule has 6 nitrogen and oxygen atoms in total. The number of amides is 2. The second-order valence-electron chi connectivity index (χ2n) is 5.82. The van der Waals surface area contributed by atoms with Crippen LogP contribution < -0.4 is 10.6 Å². The van der Waals surface area contributed by atoms with Crippen LogP contribution in [0, 0.1) is 5.92 Å². The number of oxazole rings is 1. The number of carbonyl (C=O) groups excluding carboxylic acids is 1. The normalized spacial score (nSPS) is 15.0. The summed E-state index contributed by atoms with van der Waals surface area (Å²) in [5.74, 6) is 0.656. The lowest BCUT2D eigenvalue weighted by Gasteiger charge is -2.29. The third-order valence-corrected chi connectivity index (χ3v) is 4.85. The van der Waals surface area contributed by atoms with Gasteiger partial charge in [-0.25, -0.2) is 9.78 Å². The summed E-state index contributed by atoms with van der Waals surface area (Å²) < 4.78 is 5.39. The van der Waals surface area contributed by atoms with Crippen LogP contribution in [0.25, 0.3) is 10.8 Å². The van der Waals surface area contributed by atoms with E-state index in [2.05, 4.69) is 15.6 Å². The fraction of sp³-hybridized carbons (Fsp3) is 0.500. The van der Waals surface area contributed by atoms with Gasteiger partial charge in [-0.05, 0) is 24.3 Å². The maximum absolute atomic E-state index is 11.8. The molecule has 0 aromatic carbocycles. The molecule has 7 heteroatoms. The zero-order valence-electron chi connectivity index (χ0n) is 13.6. The summed E-state index contributed by atoms with van der Waals surface area (Å²) in [5, 5.41) is 17.6. The molecule has 126 valence electrons. The molecular formula is C16H23N3O3S. The van der Waals surface area contributed by atoms with E-state index in [0.717, 1.165) is 11.3 Å². The average molecular weight is 337 g/mol. The Morgan fingerprint density at radius 1 is 1.52 bits per heavy atom. The number of nitrogens with zero attached hydrogens (tertiary/aromatic N) is 1. The highest BCUT2D eigenvalue weighted by atomic mass is 32.1. The van der Waals surface area contributed by atoms with Crippen molar-refractivity contribution in [3.8, 4) is 10.8 Å². The van der Waals surface area contributed by atoms with Crippen LogP contribution in [0.1, 0.15) is 32.9 Å². The monoisotopic (exact) mass is 337 g/mol. The molecular weight excluding hydrogens is 314 g/mol. The Kier molecular flexibility index (Phi) is 5.79. The van der Waals surface area contributed by atoms with Gasteiger partial charge in [-0.3, -0.25) is 0 Å². The van der Waals surface area contributed by atoms with Gasteiger partial charge >= 0.3 is 6.03 Å². The molecule has 2 heterocycles. The maximum Gasteiger partial charge on any atom is 0.315 e. The maximum atomic E-state index is 11.8. The number of aromatic nitrogens is 1. The number of nitrogens with one attached hydrogen (secondary N) is 2. The lowest BCUT2D eigenvalue weighted by molar-refractivity contribution is 0.00790. The standard InChI is InChI=1S/C16H23N3O3S/c1-4-11(2)16(3,21)10-18-15(20)17-8-12-9-22-14(19-12)13-6-5-7-23-13/h5-7,9,11,21H,4,8,10H2,1-3H3,(H2,17,18,20). The molecule has 0 aliphatic heterocycles. The minimum absolute atomic E-state index is 0.103. The Balaban J connectivity index is 1.79. The Hall–Kier alpha value is -1.86. The zero-order chi connectivity index (χ0) is 16.9. The summed E-state index contributed by atoms with van der Waals surface area (Å²) >= 11 is 1.55. The molecule has 0 spiro atoms. The van der Waals surface area contributed by atoms with Crippen LogP contribution >= 0.6 is 11.3 Å². The SMILES string of the molecule is CCC(C)C(C)(O)CNC(=O)NCc1coc(-c2cccs2)n1. The molecule has 0 bridgehead atoms. The second-order valence-corrected chi connectivity index (χ2v) is 6.77. The lowest BCUT2D eigenvalue weighted by Crippen LogP contribution is -2.47. The first-order valence-corrected chi connectivity index (χ1v) is 8.52. The van der Waals surface area contributed by atoms with Crippen LogP contribution in [-0.4, -0.2) is 28.3 Å². The van der Waals surface area contributed by atoms with E-state index in [1.165, 1.54) is 6.26 Å². The molecule has 2 unspecified atom stereocenters. The highest BCUT2D eigenvalue weighted by molar-refractivity contribution is 7.13. The highest BCUT2D eigenvalue weighted by Crippen LogP contribution is 2.23. The van der Waals surface area contributed by atoms with Gasteiger partial charge in [0.2, 0.25) is 5.89 Å². The molecule has 23 heavy (non-hydrogen) atoms. The van der Waals surface area contributed by atoms with E-state index in [0.29, 0.717) is 11.6 Å². The Labute approximate surface area is 139 Å². The number of hydrogen-bond acceptors (Lipinski definition) is 5. The topological polar surface area (TPSA) is 87.4 Å². The molecule has 2 rings (SSSR count). The van der Waals surface area contributed by atoms with Crippen molar-refractivity contribution < 1.29 is 14.3 Å². The first kappa shape index (κ1) is 17.5. The van der Waals surface area contributed by atoms with Gasteiger partial charge in [-0.15, -0.1) is 11.3 Å². The summed E-state index contributed by atoms with van der Waals surface area (Å²) in [6, 6.07) is 3.52. The third kappa shape index (κ3) is 4.80. The minimum Gasteiger partial charge on any atom is -0.443 e. The Morgan fingerprint density at radius 3 is 2.96 bits per heavy atom. The van der Waals surface area contributed by atoms with Crippen molar-refractivity contribution in [1.29, 1.82) is 0 Å². The van der Waals surface area contributed by atoms with E-state index < -0.39 is 5.60 Å². The first-order valence-electron chi connectivity index (χ1n) is 7.64. The van der Waals surface area contributed by atoms with Crippen LogP contribution in [0.4, 0.5) is 4.79 Å². The second kappa shape index (κ2) is 7.61. The van der Waals surface area contributed by atoms with E-state index >= 15 is 0 Å². The molecule has 2 amide bonds. The van der Waals surface area contributed by atoms with E-state index in [9.17, 15) is 9.90 Å². The predicted molar refractivity (Wildman–Crippen MR) is 90.1 cm³/mol. The van der Waals surface area contributed by atoms with Gasteiger partial charge in [0.05, 0.1) is 22.7 Å². The van der Waals surface area contributed by atoms with E-state index in [1.807, 2.05) is 31.4 Å². The number of carbonyl (C=O) groups is 1. The van der Waals surface area contributed by atoms with Gasteiger partial charge in [-0.1, -0.05) is 26.3 Å². The number of aliphatic hydroxyl groups is 1. The largest absolute Gasteiger partial charge is 0.443 e. The molecule has 2 aromatic heterocycles. The van der Waals surface area contributed by atoms with Crippen molar-refractivity contribution in [2.75, 3.05) is 6.54 Å². The molecule has 0 radical (unpaired) electrons. The summed E-state index contributed by atoms with van der Waals surface area (Å²) in [7, 11) is 0. The molecule has 2 aromatic rings. The summed E-state index contributed by atoms with van der Waals surface area (Å²) in [5.41, 5.74) is -0.274. The van der Waals surface area contributed by atoms with Gasteiger partial charge in [-0.2, -0.15) is 0 Å². The molecule has 3 N–H and O–H groups in total. The molecule has 0 aliphatic rings. The molecule has 0 fully saturated rings. The first-order chi connectivity index (χ1) is 10.9. The number of thiophene rings is 1. The van der Waals surface area contributed by atoms with Crippen LogP contribution in [-0.2, 0) is 6.54 Å². The Bertz CT molecular complexity index is 622. The van der Waals surface area contributed by atoms with E-state index in [4.69, 9.17) is 4.42 Å². The predicted octanol–water partition coefficient (Wildman–Crippen LogP) is 3.00. The van der Waals surface area contributed by atoms with Crippen molar-refractivity contribution in [3.05, 3.63) is 29.5 Å². The highest BCUT2D eigenvalue weighted by Gasteiger charge is 2.27. The van der Waals surface area contributed by atoms with Crippen molar-refractivity contribution in [2.45, 2.75) is 39.3 Å². The number of hydrogen-bond donors (Lipinski definition) is 3. The fourth-order valence-electron chi connectivity index (χ4n) is 2.01. The molecule has 0 saturated heterocycles. The van der Waals surface area contributed by atoms with Crippen molar-refractivity contribution in [1.82, 2.24) is 15.6 Å². The molecule has 2 atom stereocenters. The van der Waals surface area contributed by atoms with Crippen LogP contribution in [0.5, 0.6) is 0 Å². The molecule has 0 saturated carbocycles. The van der Waals surface area contributed by atoms with Crippen molar-refractivity contribution >= 4 is 17.4 Å². The molecule has 0 aliphatic carbocycles. The minimum atomic E-state index is -0.924.